The Morgan fingerprint density at radius 3 is 2.23 bits per heavy atom. The maximum absolute atomic E-state index is 10.6. The van der Waals surface area contributed by atoms with E-state index >= 15 is 0 Å². The minimum absolute atomic E-state index is 0.318. The number of nitrogens with zero attached hydrogens (tertiary/aromatic N) is 5. The van der Waals surface area contributed by atoms with Gasteiger partial charge in [0, 0.05) is 70.0 Å². The van der Waals surface area contributed by atoms with Crippen molar-refractivity contribution in [2.45, 2.75) is 26.4 Å². The van der Waals surface area contributed by atoms with Crippen LogP contribution in [0.5, 0.6) is 0 Å². The average molecular weight is 426 g/mol. The Morgan fingerprint density at radius 2 is 1.55 bits per heavy atom. The number of benzene rings is 1. The van der Waals surface area contributed by atoms with Gasteiger partial charge in [-0.2, -0.15) is 0 Å². The molecule has 0 saturated carbocycles. The van der Waals surface area contributed by atoms with E-state index in [1.165, 1.54) is 11.1 Å². The molecule has 4 rings (SSSR count). The van der Waals surface area contributed by atoms with Crippen LogP contribution in [0.2, 0.25) is 0 Å². The molecule has 0 amide bonds. The van der Waals surface area contributed by atoms with Gasteiger partial charge in [0.1, 0.15) is 11.6 Å². The van der Waals surface area contributed by atoms with E-state index in [1.807, 2.05) is 6.92 Å². The fourth-order valence-electron chi connectivity index (χ4n) is 4.57. The molecule has 3 heterocycles. The van der Waals surface area contributed by atoms with Crippen LogP contribution in [0, 0.1) is 13.8 Å². The summed E-state index contributed by atoms with van der Waals surface area (Å²) in [6.45, 7) is 12.6. The smallest absolute Gasteiger partial charge is 0.136 e. The highest BCUT2D eigenvalue weighted by atomic mass is 16.5. The third-order valence-electron chi connectivity index (χ3n) is 6.24. The minimum Gasteiger partial charge on any atom is -0.390 e. The Balaban J connectivity index is 1.37. The molecule has 2 aliphatic rings. The second-order valence-electron chi connectivity index (χ2n) is 8.68. The van der Waals surface area contributed by atoms with Crippen molar-refractivity contribution >= 4 is 5.82 Å². The summed E-state index contributed by atoms with van der Waals surface area (Å²) in [5.74, 6) is 1.90. The van der Waals surface area contributed by atoms with Gasteiger partial charge in [-0.05, 0) is 19.4 Å². The van der Waals surface area contributed by atoms with E-state index in [0.29, 0.717) is 0 Å². The molecule has 2 fully saturated rings. The molecule has 2 aliphatic heterocycles. The Labute approximate surface area is 185 Å². The fourth-order valence-corrected chi connectivity index (χ4v) is 4.57. The van der Waals surface area contributed by atoms with Gasteiger partial charge in [0.25, 0.3) is 0 Å². The van der Waals surface area contributed by atoms with E-state index < -0.39 is 0 Å². The first-order valence-corrected chi connectivity index (χ1v) is 11.4. The summed E-state index contributed by atoms with van der Waals surface area (Å²) in [4.78, 5) is 16.6. The van der Waals surface area contributed by atoms with Crippen LogP contribution in [-0.2, 0) is 11.2 Å². The van der Waals surface area contributed by atoms with Crippen molar-refractivity contribution in [3.05, 3.63) is 53.0 Å². The topological polar surface area (TPSA) is 65.0 Å². The maximum atomic E-state index is 10.6. The zero-order valence-electron chi connectivity index (χ0n) is 18.8. The molecule has 2 saturated heterocycles. The van der Waals surface area contributed by atoms with Crippen LogP contribution in [0.15, 0.2) is 30.3 Å². The molecule has 1 aromatic carbocycles. The van der Waals surface area contributed by atoms with Gasteiger partial charge in [-0.15, -0.1) is 0 Å². The van der Waals surface area contributed by atoms with Crippen molar-refractivity contribution in [3.8, 4) is 0 Å². The summed E-state index contributed by atoms with van der Waals surface area (Å²) >= 11 is 0. The van der Waals surface area contributed by atoms with Crippen LogP contribution < -0.4 is 4.90 Å². The Bertz CT molecular complexity index is 833. The molecular weight excluding hydrogens is 390 g/mol. The highest BCUT2D eigenvalue weighted by molar-refractivity contribution is 5.51. The SMILES string of the molecule is Cc1nc(C)c(Cc2ccccc2)c(N2CCN(CC(O)CN3CCOCC3)CC2)n1. The van der Waals surface area contributed by atoms with Crippen LogP contribution in [0.1, 0.15) is 22.6 Å². The zero-order chi connectivity index (χ0) is 21.6. The number of morpholine rings is 1. The second kappa shape index (κ2) is 10.5. The second-order valence-corrected chi connectivity index (χ2v) is 8.68. The fraction of sp³-hybridized carbons (Fsp3) is 0.583. The molecule has 0 radical (unpaired) electrons. The number of β-amino-alcohol motifs (C(OH)–C–C–N with tert-alkyl or cyclic N) is 1. The van der Waals surface area contributed by atoms with Crippen molar-refractivity contribution in [3.63, 3.8) is 0 Å². The number of hydrogen-bond donors (Lipinski definition) is 1. The maximum Gasteiger partial charge on any atom is 0.136 e. The lowest BCUT2D eigenvalue weighted by atomic mass is 10.0. The predicted molar refractivity (Wildman–Crippen MR) is 123 cm³/mol. The van der Waals surface area contributed by atoms with Gasteiger partial charge in [-0.25, -0.2) is 9.97 Å². The number of rotatable bonds is 7. The third kappa shape index (κ3) is 6.01. The lowest BCUT2D eigenvalue weighted by Gasteiger charge is -2.38. The first-order valence-electron chi connectivity index (χ1n) is 11.4. The normalized spacial score (nSPS) is 19.5. The first kappa shape index (κ1) is 22.1. The number of aromatic nitrogens is 2. The lowest BCUT2D eigenvalue weighted by molar-refractivity contribution is 0.00655. The Morgan fingerprint density at radius 1 is 0.903 bits per heavy atom. The summed E-state index contributed by atoms with van der Waals surface area (Å²) in [5.41, 5.74) is 3.57. The molecule has 1 unspecified atom stereocenters. The van der Waals surface area contributed by atoms with Gasteiger partial charge in [-0.3, -0.25) is 9.80 Å². The molecule has 2 aromatic rings. The molecule has 168 valence electrons. The molecule has 1 N–H and O–H groups in total. The highest BCUT2D eigenvalue weighted by Crippen LogP contribution is 2.25. The summed E-state index contributed by atoms with van der Waals surface area (Å²) in [6.07, 6.45) is 0.530. The molecule has 0 spiro atoms. The number of aliphatic hydroxyl groups excluding tert-OH is 1. The van der Waals surface area contributed by atoms with Gasteiger partial charge < -0.3 is 14.7 Å². The van der Waals surface area contributed by atoms with E-state index in [9.17, 15) is 5.11 Å². The van der Waals surface area contributed by atoms with Crippen molar-refractivity contribution in [1.82, 2.24) is 19.8 Å². The summed E-state index contributed by atoms with van der Waals surface area (Å²) in [5, 5.41) is 10.6. The standard InChI is InChI=1S/C24H35N5O2/c1-19-23(16-21-6-4-3-5-7-21)24(26-20(2)25-19)29-10-8-27(9-11-29)17-22(30)18-28-12-14-31-15-13-28/h3-7,22,30H,8-18H2,1-2H3. The van der Waals surface area contributed by atoms with Crippen LogP contribution in [0.25, 0.3) is 0 Å². The van der Waals surface area contributed by atoms with Crippen LogP contribution in [-0.4, -0.2) is 96.6 Å². The Hall–Kier alpha value is -2.06. The van der Waals surface area contributed by atoms with E-state index in [-0.39, 0.29) is 6.10 Å². The highest BCUT2D eigenvalue weighted by Gasteiger charge is 2.24. The summed E-state index contributed by atoms with van der Waals surface area (Å²) in [7, 11) is 0. The third-order valence-corrected chi connectivity index (χ3v) is 6.24. The summed E-state index contributed by atoms with van der Waals surface area (Å²) in [6, 6.07) is 10.5. The van der Waals surface area contributed by atoms with Crippen LogP contribution in [0.4, 0.5) is 5.82 Å². The van der Waals surface area contributed by atoms with Crippen LogP contribution >= 0.6 is 0 Å². The monoisotopic (exact) mass is 425 g/mol. The van der Waals surface area contributed by atoms with Crippen molar-refractivity contribution in [2.75, 3.05) is 70.5 Å². The number of hydrogen-bond acceptors (Lipinski definition) is 7. The van der Waals surface area contributed by atoms with E-state index in [2.05, 4.69) is 56.9 Å². The molecule has 7 nitrogen and oxygen atoms in total. The molecule has 0 bridgehead atoms. The number of piperazine rings is 1. The van der Waals surface area contributed by atoms with Gasteiger partial charge in [0.05, 0.1) is 19.3 Å². The van der Waals surface area contributed by atoms with E-state index in [0.717, 1.165) is 89.3 Å². The lowest BCUT2D eigenvalue weighted by Crippen LogP contribution is -2.51. The molecule has 1 atom stereocenters. The molecule has 7 heteroatoms. The van der Waals surface area contributed by atoms with E-state index in [4.69, 9.17) is 9.72 Å². The van der Waals surface area contributed by atoms with Crippen molar-refractivity contribution in [2.24, 2.45) is 0 Å². The van der Waals surface area contributed by atoms with Crippen molar-refractivity contribution < 1.29 is 9.84 Å². The summed E-state index contributed by atoms with van der Waals surface area (Å²) < 4.78 is 5.40. The van der Waals surface area contributed by atoms with Gasteiger partial charge >= 0.3 is 0 Å². The van der Waals surface area contributed by atoms with Gasteiger partial charge in [-0.1, -0.05) is 30.3 Å². The number of anilines is 1. The molecule has 1 aromatic heterocycles. The molecule has 0 aliphatic carbocycles. The van der Waals surface area contributed by atoms with Crippen molar-refractivity contribution in [1.29, 1.82) is 0 Å². The number of ether oxygens (including phenoxy) is 1. The number of aryl methyl sites for hydroxylation is 2. The molecule has 31 heavy (non-hydrogen) atoms. The first-order chi connectivity index (χ1) is 15.1. The van der Waals surface area contributed by atoms with E-state index in [1.54, 1.807) is 0 Å². The van der Waals surface area contributed by atoms with Crippen LogP contribution in [0.3, 0.4) is 0 Å². The zero-order valence-corrected chi connectivity index (χ0v) is 18.8. The largest absolute Gasteiger partial charge is 0.390 e. The van der Waals surface area contributed by atoms with Gasteiger partial charge in [0.2, 0.25) is 0 Å². The molecular formula is C24H35N5O2. The minimum atomic E-state index is -0.318. The quantitative estimate of drug-likeness (QED) is 0.721. The van der Waals surface area contributed by atoms with Gasteiger partial charge in [0.15, 0.2) is 0 Å². The Kier molecular flexibility index (Phi) is 7.50. The number of aliphatic hydroxyl groups is 1. The average Bonchev–Trinajstić information content (AvgIpc) is 2.77. The predicted octanol–water partition coefficient (Wildman–Crippen LogP) is 1.50.